The van der Waals surface area contributed by atoms with E-state index in [-0.39, 0.29) is 6.10 Å². The molecule has 1 aliphatic rings. The largest absolute Gasteiger partial charge is 0.369 e. The number of hydrogen-bond donors (Lipinski definition) is 1. The first-order valence-electron chi connectivity index (χ1n) is 7.80. The standard InChI is InChI=1S/C17H26ClNO/c1-3-19-12-17(14-7-9-15(18)10-8-14)20-16-6-4-5-13(2)11-16/h7-10,13,16-17,19H,3-6,11-12H2,1-2H3. The van der Waals surface area contributed by atoms with Crippen molar-refractivity contribution in [2.45, 2.75) is 51.7 Å². The predicted molar refractivity (Wildman–Crippen MR) is 85.2 cm³/mol. The van der Waals surface area contributed by atoms with Gasteiger partial charge in [-0.1, -0.05) is 50.4 Å². The number of rotatable bonds is 6. The fourth-order valence-electron chi connectivity index (χ4n) is 2.93. The van der Waals surface area contributed by atoms with E-state index >= 15 is 0 Å². The minimum atomic E-state index is 0.127. The summed E-state index contributed by atoms with van der Waals surface area (Å²) < 4.78 is 6.38. The van der Waals surface area contributed by atoms with Crippen LogP contribution in [0, 0.1) is 5.92 Å². The average Bonchev–Trinajstić information content (AvgIpc) is 2.44. The number of likely N-dealkylation sites (N-methyl/N-ethyl adjacent to an activating group) is 1. The van der Waals surface area contributed by atoms with Crippen molar-refractivity contribution in [3.63, 3.8) is 0 Å². The van der Waals surface area contributed by atoms with Gasteiger partial charge in [0, 0.05) is 11.6 Å². The monoisotopic (exact) mass is 295 g/mol. The van der Waals surface area contributed by atoms with Crippen LogP contribution in [0.4, 0.5) is 0 Å². The van der Waals surface area contributed by atoms with Crippen molar-refractivity contribution in [1.29, 1.82) is 0 Å². The fraction of sp³-hybridized carbons (Fsp3) is 0.647. The summed E-state index contributed by atoms with van der Waals surface area (Å²) in [5.41, 5.74) is 1.22. The van der Waals surface area contributed by atoms with E-state index in [9.17, 15) is 0 Å². The van der Waals surface area contributed by atoms with Crippen LogP contribution in [0.1, 0.15) is 51.2 Å². The molecule has 0 aliphatic heterocycles. The normalized spacial score (nSPS) is 24.6. The molecule has 2 nitrogen and oxygen atoms in total. The number of halogens is 1. The highest BCUT2D eigenvalue weighted by Crippen LogP contribution is 2.30. The number of ether oxygens (including phenoxy) is 1. The third kappa shape index (κ3) is 4.76. The number of hydrogen-bond acceptors (Lipinski definition) is 2. The molecule has 1 fully saturated rings. The summed E-state index contributed by atoms with van der Waals surface area (Å²) in [7, 11) is 0. The highest BCUT2D eigenvalue weighted by Gasteiger charge is 2.23. The fourth-order valence-corrected chi connectivity index (χ4v) is 3.06. The lowest BCUT2D eigenvalue weighted by molar-refractivity contribution is -0.0393. The van der Waals surface area contributed by atoms with Crippen molar-refractivity contribution in [3.8, 4) is 0 Å². The van der Waals surface area contributed by atoms with Crippen LogP contribution in [0.25, 0.3) is 0 Å². The molecule has 0 heterocycles. The van der Waals surface area contributed by atoms with Crippen molar-refractivity contribution in [2.75, 3.05) is 13.1 Å². The van der Waals surface area contributed by atoms with Gasteiger partial charge in [0.05, 0.1) is 12.2 Å². The first-order valence-corrected chi connectivity index (χ1v) is 8.18. The molecule has 20 heavy (non-hydrogen) atoms. The maximum atomic E-state index is 6.38. The van der Waals surface area contributed by atoms with Crippen LogP contribution in [-0.2, 0) is 4.74 Å². The Morgan fingerprint density at radius 2 is 2.05 bits per heavy atom. The zero-order valence-electron chi connectivity index (χ0n) is 12.6. The van der Waals surface area contributed by atoms with Crippen LogP contribution in [0.5, 0.6) is 0 Å². The van der Waals surface area contributed by atoms with E-state index in [0.717, 1.165) is 24.0 Å². The molecule has 1 saturated carbocycles. The molecule has 0 spiro atoms. The van der Waals surface area contributed by atoms with Crippen LogP contribution in [0.3, 0.4) is 0 Å². The molecule has 0 saturated heterocycles. The Balaban J connectivity index is 2.00. The predicted octanol–water partition coefficient (Wildman–Crippen LogP) is 4.59. The summed E-state index contributed by atoms with van der Waals surface area (Å²) in [6.45, 7) is 6.29. The Bertz CT molecular complexity index is 392. The molecule has 3 atom stereocenters. The molecule has 3 unspecified atom stereocenters. The molecule has 1 aliphatic carbocycles. The van der Waals surface area contributed by atoms with Crippen molar-refractivity contribution < 1.29 is 4.74 Å². The Labute approximate surface area is 127 Å². The first-order chi connectivity index (χ1) is 9.69. The topological polar surface area (TPSA) is 21.3 Å². The Morgan fingerprint density at radius 3 is 2.70 bits per heavy atom. The van der Waals surface area contributed by atoms with Gasteiger partial charge >= 0.3 is 0 Å². The lowest BCUT2D eigenvalue weighted by Crippen LogP contribution is -2.29. The summed E-state index contributed by atoms with van der Waals surface area (Å²) >= 11 is 5.98. The van der Waals surface area contributed by atoms with E-state index in [0.29, 0.717) is 6.10 Å². The third-order valence-corrected chi connectivity index (χ3v) is 4.32. The van der Waals surface area contributed by atoms with Gasteiger partial charge in [-0.3, -0.25) is 0 Å². The van der Waals surface area contributed by atoms with Gasteiger partial charge in [0.25, 0.3) is 0 Å². The van der Waals surface area contributed by atoms with Gasteiger partial charge < -0.3 is 10.1 Å². The molecule has 0 bridgehead atoms. The molecule has 0 radical (unpaired) electrons. The summed E-state index contributed by atoms with van der Waals surface area (Å²) in [5.74, 6) is 0.791. The average molecular weight is 296 g/mol. The second kappa shape index (κ2) is 8.02. The molecule has 1 aromatic rings. The molecule has 3 heteroatoms. The molecule has 112 valence electrons. The minimum Gasteiger partial charge on any atom is -0.369 e. The van der Waals surface area contributed by atoms with E-state index in [1.165, 1.54) is 31.2 Å². The zero-order valence-corrected chi connectivity index (χ0v) is 13.3. The highest BCUT2D eigenvalue weighted by molar-refractivity contribution is 6.30. The summed E-state index contributed by atoms with van der Waals surface area (Å²) in [4.78, 5) is 0. The van der Waals surface area contributed by atoms with Crippen molar-refractivity contribution >= 4 is 11.6 Å². The van der Waals surface area contributed by atoms with Gasteiger partial charge in [0.2, 0.25) is 0 Å². The lowest BCUT2D eigenvalue weighted by Gasteiger charge is -2.31. The second-order valence-electron chi connectivity index (χ2n) is 5.88. The van der Waals surface area contributed by atoms with E-state index < -0.39 is 0 Å². The Hall–Kier alpha value is -0.570. The van der Waals surface area contributed by atoms with Gasteiger partial charge in [-0.05, 0) is 43.0 Å². The van der Waals surface area contributed by atoms with Crippen molar-refractivity contribution in [1.82, 2.24) is 5.32 Å². The second-order valence-corrected chi connectivity index (χ2v) is 6.31. The first kappa shape index (κ1) is 15.8. The van der Waals surface area contributed by atoms with Crippen LogP contribution >= 0.6 is 11.6 Å². The molecular formula is C17H26ClNO. The third-order valence-electron chi connectivity index (χ3n) is 4.07. The summed E-state index contributed by atoms with van der Waals surface area (Å²) in [6, 6.07) is 8.05. The van der Waals surface area contributed by atoms with Crippen LogP contribution in [0.15, 0.2) is 24.3 Å². The van der Waals surface area contributed by atoms with Crippen LogP contribution in [0.2, 0.25) is 5.02 Å². The molecule has 2 rings (SSSR count). The molecule has 1 aromatic carbocycles. The van der Waals surface area contributed by atoms with Crippen LogP contribution in [-0.4, -0.2) is 19.2 Å². The maximum Gasteiger partial charge on any atom is 0.0952 e. The Morgan fingerprint density at radius 1 is 1.30 bits per heavy atom. The van der Waals surface area contributed by atoms with Crippen molar-refractivity contribution in [3.05, 3.63) is 34.9 Å². The number of nitrogens with one attached hydrogen (secondary N) is 1. The Kier molecular flexibility index (Phi) is 6.34. The van der Waals surface area contributed by atoms with Crippen molar-refractivity contribution in [2.24, 2.45) is 5.92 Å². The van der Waals surface area contributed by atoms with E-state index in [1.807, 2.05) is 12.1 Å². The number of benzene rings is 1. The SMILES string of the molecule is CCNCC(OC1CCCC(C)C1)c1ccc(Cl)cc1. The molecule has 0 aromatic heterocycles. The van der Waals surface area contributed by atoms with E-state index in [4.69, 9.17) is 16.3 Å². The van der Waals surface area contributed by atoms with Gasteiger partial charge in [-0.25, -0.2) is 0 Å². The lowest BCUT2D eigenvalue weighted by atomic mass is 9.88. The smallest absolute Gasteiger partial charge is 0.0952 e. The van der Waals surface area contributed by atoms with Gasteiger partial charge in [-0.2, -0.15) is 0 Å². The van der Waals surface area contributed by atoms with Gasteiger partial charge in [0.1, 0.15) is 0 Å². The molecular weight excluding hydrogens is 270 g/mol. The highest BCUT2D eigenvalue weighted by atomic mass is 35.5. The quantitative estimate of drug-likeness (QED) is 0.829. The molecule has 1 N–H and O–H groups in total. The van der Waals surface area contributed by atoms with Crippen LogP contribution < -0.4 is 5.32 Å². The maximum absolute atomic E-state index is 6.38. The van der Waals surface area contributed by atoms with Gasteiger partial charge in [-0.15, -0.1) is 0 Å². The summed E-state index contributed by atoms with van der Waals surface area (Å²) in [5, 5.41) is 4.18. The molecule has 0 amide bonds. The summed E-state index contributed by atoms with van der Waals surface area (Å²) in [6.07, 6.45) is 5.55. The van der Waals surface area contributed by atoms with E-state index in [2.05, 4.69) is 31.3 Å². The van der Waals surface area contributed by atoms with Gasteiger partial charge in [0.15, 0.2) is 0 Å². The zero-order chi connectivity index (χ0) is 14.4. The minimum absolute atomic E-state index is 0.127. The van der Waals surface area contributed by atoms with E-state index in [1.54, 1.807) is 0 Å².